The molecule has 2 aromatic rings. The molecule has 0 radical (unpaired) electrons. The first-order valence-corrected chi connectivity index (χ1v) is 8.25. The van der Waals surface area contributed by atoms with Gasteiger partial charge in [0.1, 0.15) is 0 Å². The Bertz CT molecular complexity index is 577. The monoisotopic (exact) mass is 445 g/mol. The Balaban J connectivity index is 0.00000288. The van der Waals surface area contributed by atoms with Crippen LogP contribution in [0.15, 0.2) is 35.8 Å². The van der Waals surface area contributed by atoms with Gasteiger partial charge in [-0.2, -0.15) is 10.2 Å². The van der Waals surface area contributed by atoms with Crippen molar-refractivity contribution in [1.29, 1.82) is 0 Å². The highest BCUT2D eigenvalue weighted by Crippen LogP contribution is 1.99. The van der Waals surface area contributed by atoms with E-state index in [2.05, 4.69) is 38.9 Å². The van der Waals surface area contributed by atoms with Crippen LogP contribution in [0.3, 0.4) is 0 Å². The molecule has 0 aliphatic heterocycles. The van der Waals surface area contributed by atoms with Crippen molar-refractivity contribution in [2.75, 3.05) is 19.6 Å². The van der Waals surface area contributed by atoms with E-state index in [0.717, 1.165) is 51.4 Å². The molecule has 0 aliphatic rings. The number of aliphatic imine (C=N–C) groups is 1. The maximum atomic E-state index is 4.60. The Hall–Kier alpha value is -1.58. The van der Waals surface area contributed by atoms with Crippen molar-refractivity contribution in [3.63, 3.8) is 0 Å². The van der Waals surface area contributed by atoms with Crippen molar-refractivity contribution < 1.29 is 0 Å². The van der Waals surface area contributed by atoms with E-state index in [1.165, 1.54) is 5.56 Å². The highest BCUT2D eigenvalue weighted by atomic mass is 127. The summed E-state index contributed by atoms with van der Waals surface area (Å²) in [5.41, 5.74) is 1.27. The molecule has 8 heteroatoms. The van der Waals surface area contributed by atoms with E-state index in [4.69, 9.17) is 0 Å². The number of nitrogens with one attached hydrogen (secondary N) is 2. The molecule has 0 saturated carbocycles. The lowest BCUT2D eigenvalue weighted by Crippen LogP contribution is -2.38. The van der Waals surface area contributed by atoms with Crippen LogP contribution in [0.1, 0.15) is 25.3 Å². The second kappa shape index (κ2) is 11.9. The second-order valence-corrected chi connectivity index (χ2v) is 5.44. The lowest BCUT2D eigenvalue weighted by Gasteiger charge is -2.11. The summed E-state index contributed by atoms with van der Waals surface area (Å²) in [4.78, 5) is 4.60. The molecule has 0 aromatic carbocycles. The maximum Gasteiger partial charge on any atom is 0.191 e. The molecule has 2 N–H and O–H groups in total. The average Bonchev–Trinajstić information content (AvgIpc) is 3.19. The van der Waals surface area contributed by atoms with Gasteiger partial charge >= 0.3 is 0 Å². The van der Waals surface area contributed by atoms with Crippen LogP contribution in [0.5, 0.6) is 0 Å². The second-order valence-electron chi connectivity index (χ2n) is 5.44. The summed E-state index contributed by atoms with van der Waals surface area (Å²) in [5.74, 6) is 0.888. The first-order valence-electron chi connectivity index (χ1n) is 8.25. The normalized spacial score (nSPS) is 11.2. The van der Waals surface area contributed by atoms with E-state index in [1.54, 1.807) is 6.20 Å². The lowest BCUT2D eigenvalue weighted by atomic mass is 10.2. The van der Waals surface area contributed by atoms with Crippen LogP contribution < -0.4 is 10.6 Å². The minimum Gasteiger partial charge on any atom is -0.357 e. The predicted octanol–water partition coefficient (Wildman–Crippen LogP) is 1.81. The zero-order chi connectivity index (χ0) is 16.3. The van der Waals surface area contributed by atoms with Crippen LogP contribution >= 0.6 is 24.0 Å². The van der Waals surface area contributed by atoms with E-state index < -0.39 is 0 Å². The number of guanidine groups is 1. The van der Waals surface area contributed by atoms with Gasteiger partial charge in [0.15, 0.2) is 5.96 Å². The lowest BCUT2D eigenvalue weighted by molar-refractivity contribution is 0.583. The number of rotatable bonds is 9. The predicted molar refractivity (Wildman–Crippen MR) is 108 cm³/mol. The fourth-order valence-electron chi connectivity index (χ4n) is 2.30. The van der Waals surface area contributed by atoms with Crippen molar-refractivity contribution >= 4 is 29.9 Å². The van der Waals surface area contributed by atoms with Crippen molar-refractivity contribution in [3.8, 4) is 0 Å². The number of aromatic nitrogens is 4. The molecule has 2 aromatic heterocycles. The third-order valence-electron chi connectivity index (χ3n) is 3.41. The molecule has 0 aliphatic carbocycles. The molecule has 0 unspecified atom stereocenters. The third-order valence-corrected chi connectivity index (χ3v) is 3.41. The average molecular weight is 445 g/mol. The molecular formula is C16H28IN7. The fourth-order valence-corrected chi connectivity index (χ4v) is 2.30. The zero-order valence-corrected chi connectivity index (χ0v) is 16.8. The van der Waals surface area contributed by atoms with Gasteiger partial charge in [0, 0.05) is 51.8 Å². The standard InChI is InChI=1S/C16H27N7.HI/c1-3-17-16(19-9-5-11-23-12-6-10-20-23)18-8-4-7-15-13-21-22(2)14-15;/h6,10,12-14H,3-5,7-9,11H2,1-2H3,(H2,17,18,19);1H. The minimum absolute atomic E-state index is 0. The Morgan fingerprint density at radius 3 is 2.79 bits per heavy atom. The molecular weight excluding hydrogens is 417 g/mol. The minimum atomic E-state index is 0. The van der Waals surface area contributed by atoms with Crippen LogP contribution in [0, 0.1) is 0 Å². The molecule has 0 fully saturated rings. The van der Waals surface area contributed by atoms with Gasteiger partial charge in [0.05, 0.1) is 6.20 Å². The summed E-state index contributed by atoms with van der Waals surface area (Å²) in [7, 11) is 1.95. The molecule has 0 amide bonds. The molecule has 134 valence electrons. The summed E-state index contributed by atoms with van der Waals surface area (Å²) in [5, 5.41) is 15.0. The molecule has 0 saturated heterocycles. The largest absolute Gasteiger partial charge is 0.357 e. The SMILES string of the molecule is CCNC(=NCCCn1cccn1)NCCCc1cnn(C)c1.I. The highest BCUT2D eigenvalue weighted by molar-refractivity contribution is 14.0. The fraction of sp³-hybridized carbons (Fsp3) is 0.562. The van der Waals surface area contributed by atoms with Crippen LogP contribution in [0.2, 0.25) is 0 Å². The number of hydrogen-bond donors (Lipinski definition) is 2. The maximum absolute atomic E-state index is 4.60. The smallest absolute Gasteiger partial charge is 0.191 e. The van der Waals surface area contributed by atoms with Gasteiger partial charge in [0.25, 0.3) is 0 Å². The van der Waals surface area contributed by atoms with Gasteiger partial charge in [-0.3, -0.25) is 14.4 Å². The van der Waals surface area contributed by atoms with E-state index in [-0.39, 0.29) is 24.0 Å². The quantitative estimate of drug-likeness (QED) is 0.267. The van der Waals surface area contributed by atoms with E-state index in [0.29, 0.717) is 0 Å². The van der Waals surface area contributed by atoms with Gasteiger partial charge in [-0.1, -0.05) is 0 Å². The van der Waals surface area contributed by atoms with E-state index in [1.807, 2.05) is 34.9 Å². The third kappa shape index (κ3) is 7.80. The Morgan fingerprint density at radius 2 is 2.12 bits per heavy atom. The van der Waals surface area contributed by atoms with Gasteiger partial charge < -0.3 is 10.6 Å². The van der Waals surface area contributed by atoms with E-state index >= 15 is 0 Å². The summed E-state index contributed by atoms with van der Waals surface area (Å²) in [6, 6.07) is 1.94. The molecule has 0 bridgehead atoms. The van der Waals surface area contributed by atoms with Crippen LogP contribution in [0.4, 0.5) is 0 Å². The number of nitrogens with zero attached hydrogens (tertiary/aromatic N) is 5. The summed E-state index contributed by atoms with van der Waals surface area (Å²) in [6.45, 7) is 5.54. The first kappa shape index (κ1) is 20.5. The van der Waals surface area contributed by atoms with Gasteiger partial charge in [-0.05, 0) is 37.8 Å². The zero-order valence-electron chi connectivity index (χ0n) is 14.5. The topological polar surface area (TPSA) is 72.1 Å². The summed E-state index contributed by atoms with van der Waals surface area (Å²) >= 11 is 0. The van der Waals surface area contributed by atoms with Crippen molar-refractivity contribution in [3.05, 3.63) is 36.4 Å². The van der Waals surface area contributed by atoms with Gasteiger partial charge in [0.2, 0.25) is 0 Å². The molecule has 0 spiro atoms. The number of halogens is 1. The van der Waals surface area contributed by atoms with Crippen LogP contribution in [-0.2, 0) is 20.0 Å². The Kier molecular flexibility index (Phi) is 10.1. The van der Waals surface area contributed by atoms with E-state index in [9.17, 15) is 0 Å². The van der Waals surface area contributed by atoms with Crippen LogP contribution in [0.25, 0.3) is 0 Å². The summed E-state index contributed by atoms with van der Waals surface area (Å²) in [6.07, 6.45) is 10.8. The Labute approximate surface area is 160 Å². The van der Waals surface area contributed by atoms with Crippen molar-refractivity contribution in [1.82, 2.24) is 30.2 Å². The van der Waals surface area contributed by atoms with Gasteiger partial charge in [-0.25, -0.2) is 0 Å². The number of aryl methyl sites for hydroxylation is 3. The number of hydrogen-bond acceptors (Lipinski definition) is 3. The first-order chi connectivity index (χ1) is 11.3. The molecule has 2 rings (SSSR count). The molecule has 2 heterocycles. The molecule has 0 atom stereocenters. The van der Waals surface area contributed by atoms with Crippen LogP contribution in [-0.4, -0.2) is 45.2 Å². The highest BCUT2D eigenvalue weighted by Gasteiger charge is 1.99. The Morgan fingerprint density at radius 1 is 1.25 bits per heavy atom. The van der Waals surface area contributed by atoms with Gasteiger partial charge in [-0.15, -0.1) is 24.0 Å². The molecule has 24 heavy (non-hydrogen) atoms. The van der Waals surface area contributed by atoms with Crippen molar-refractivity contribution in [2.45, 2.75) is 32.7 Å². The van der Waals surface area contributed by atoms with Crippen molar-refractivity contribution in [2.24, 2.45) is 12.0 Å². The molecule has 7 nitrogen and oxygen atoms in total. The summed E-state index contributed by atoms with van der Waals surface area (Å²) < 4.78 is 3.78.